The third-order valence-corrected chi connectivity index (χ3v) is 8.09. The van der Waals surface area contributed by atoms with Gasteiger partial charge in [0.05, 0.1) is 17.0 Å². The maximum absolute atomic E-state index is 13.6. The van der Waals surface area contributed by atoms with Crippen LogP contribution in [0.3, 0.4) is 0 Å². The second kappa shape index (κ2) is 11.3. The molecule has 1 heterocycles. The van der Waals surface area contributed by atoms with E-state index in [0.717, 1.165) is 43.9 Å². The number of piperazine rings is 1. The summed E-state index contributed by atoms with van der Waals surface area (Å²) in [5.74, 6) is 0. The molecule has 6 nitrogen and oxygen atoms in total. The summed E-state index contributed by atoms with van der Waals surface area (Å²) in [6.07, 6.45) is 0.590. The molecule has 0 aromatic heterocycles. The number of aliphatic hydroxyl groups excluding tert-OH is 1. The van der Waals surface area contributed by atoms with Crippen LogP contribution < -0.4 is 4.72 Å². The molecule has 0 unspecified atom stereocenters. The largest absolute Gasteiger partial charge is 0.395 e. The van der Waals surface area contributed by atoms with Crippen LogP contribution in [-0.4, -0.2) is 69.2 Å². The van der Waals surface area contributed by atoms with Crippen molar-refractivity contribution in [1.29, 1.82) is 0 Å². The van der Waals surface area contributed by atoms with Crippen LogP contribution in [0.15, 0.2) is 95.9 Å². The predicted octanol–water partition coefficient (Wildman–Crippen LogP) is 2.91. The molecule has 0 saturated carbocycles. The molecule has 180 valence electrons. The molecule has 0 bridgehead atoms. The molecule has 0 spiro atoms. The highest BCUT2D eigenvalue weighted by Gasteiger charge is 2.39. The van der Waals surface area contributed by atoms with E-state index in [1.54, 1.807) is 24.3 Å². The molecular weight excluding hydrogens is 446 g/mol. The van der Waals surface area contributed by atoms with Gasteiger partial charge >= 0.3 is 0 Å². The highest BCUT2D eigenvalue weighted by atomic mass is 32.2. The van der Waals surface area contributed by atoms with E-state index >= 15 is 0 Å². The Morgan fingerprint density at radius 1 is 0.706 bits per heavy atom. The van der Waals surface area contributed by atoms with Gasteiger partial charge in [-0.15, -0.1) is 0 Å². The molecule has 4 rings (SSSR count). The molecule has 0 amide bonds. The zero-order valence-electron chi connectivity index (χ0n) is 19.4. The van der Waals surface area contributed by atoms with E-state index in [2.05, 4.69) is 14.5 Å². The normalized spacial score (nSPS) is 15.9. The Kier molecular flexibility index (Phi) is 8.13. The van der Waals surface area contributed by atoms with Gasteiger partial charge in [-0.25, -0.2) is 8.42 Å². The van der Waals surface area contributed by atoms with Crippen molar-refractivity contribution >= 4 is 10.0 Å². The van der Waals surface area contributed by atoms with E-state index in [0.29, 0.717) is 13.0 Å². The number of benzene rings is 3. The van der Waals surface area contributed by atoms with Gasteiger partial charge in [0.1, 0.15) is 0 Å². The van der Waals surface area contributed by atoms with E-state index in [1.165, 1.54) is 0 Å². The lowest BCUT2D eigenvalue weighted by Crippen LogP contribution is -2.51. The Balaban J connectivity index is 1.69. The zero-order valence-corrected chi connectivity index (χ0v) is 20.2. The summed E-state index contributed by atoms with van der Waals surface area (Å²) in [5.41, 5.74) is 0.915. The van der Waals surface area contributed by atoms with Gasteiger partial charge in [0, 0.05) is 39.3 Å². The lowest BCUT2D eigenvalue weighted by atomic mass is 9.81. The molecule has 7 heteroatoms. The minimum Gasteiger partial charge on any atom is -0.395 e. The predicted molar refractivity (Wildman–Crippen MR) is 135 cm³/mol. The zero-order chi connectivity index (χ0) is 23.9. The number of nitrogens with one attached hydrogen (secondary N) is 1. The van der Waals surface area contributed by atoms with Crippen molar-refractivity contribution in [1.82, 2.24) is 14.5 Å². The molecular formula is C27H33N3O3S. The number of rotatable bonds is 10. The molecule has 3 aromatic carbocycles. The Hall–Kier alpha value is -2.55. The highest BCUT2D eigenvalue weighted by Crippen LogP contribution is 2.35. The number of nitrogens with zero attached hydrogens (tertiary/aromatic N) is 2. The monoisotopic (exact) mass is 479 g/mol. The Morgan fingerprint density at radius 2 is 1.15 bits per heavy atom. The molecule has 34 heavy (non-hydrogen) atoms. The smallest absolute Gasteiger partial charge is 0.241 e. The Labute approximate surface area is 202 Å². The minimum atomic E-state index is -3.79. The average Bonchev–Trinajstić information content (AvgIpc) is 2.89. The van der Waals surface area contributed by atoms with Gasteiger partial charge < -0.3 is 10.0 Å². The number of aliphatic hydroxyl groups is 1. The summed E-state index contributed by atoms with van der Waals surface area (Å²) in [5, 5.41) is 9.23. The number of β-amino-alcohol motifs (C(OH)–C–C–N with tert-alkyl or cyclic N) is 1. The fourth-order valence-electron chi connectivity index (χ4n) is 4.66. The van der Waals surface area contributed by atoms with Crippen LogP contribution in [0.1, 0.15) is 17.5 Å². The van der Waals surface area contributed by atoms with Crippen LogP contribution in [0.25, 0.3) is 0 Å². The lowest BCUT2D eigenvalue weighted by Gasteiger charge is -2.39. The van der Waals surface area contributed by atoms with E-state index in [-0.39, 0.29) is 11.5 Å². The second-order valence-corrected chi connectivity index (χ2v) is 10.4. The van der Waals surface area contributed by atoms with E-state index in [9.17, 15) is 13.5 Å². The van der Waals surface area contributed by atoms with Gasteiger partial charge in [-0.3, -0.25) is 4.90 Å². The summed E-state index contributed by atoms with van der Waals surface area (Å²) in [7, 11) is -3.79. The van der Waals surface area contributed by atoms with Crippen LogP contribution in [-0.2, 0) is 15.6 Å². The summed E-state index contributed by atoms with van der Waals surface area (Å²) < 4.78 is 30.3. The Morgan fingerprint density at radius 3 is 1.62 bits per heavy atom. The molecule has 0 atom stereocenters. The van der Waals surface area contributed by atoms with Crippen molar-refractivity contribution in [3.63, 3.8) is 0 Å². The summed E-state index contributed by atoms with van der Waals surface area (Å²) >= 11 is 0. The third kappa shape index (κ3) is 5.74. The molecule has 3 aromatic rings. The molecule has 1 saturated heterocycles. The molecule has 1 aliphatic rings. The van der Waals surface area contributed by atoms with Crippen molar-refractivity contribution in [2.45, 2.75) is 16.9 Å². The van der Waals surface area contributed by atoms with Gasteiger partial charge in [-0.2, -0.15) is 4.72 Å². The van der Waals surface area contributed by atoms with Crippen LogP contribution in [0.2, 0.25) is 0 Å². The van der Waals surface area contributed by atoms with Gasteiger partial charge in [0.2, 0.25) is 10.0 Å². The summed E-state index contributed by atoms with van der Waals surface area (Å²) in [4.78, 5) is 4.89. The third-order valence-electron chi connectivity index (χ3n) is 6.58. The van der Waals surface area contributed by atoms with E-state index < -0.39 is 15.6 Å². The lowest BCUT2D eigenvalue weighted by molar-refractivity contribution is 0.107. The average molecular weight is 480 g/mol. The van der Waals surface area contributed by atoms with Crippen LogP contribution >= 0.6 is 0 Å². The van der Waals surface area contributed by atoms with Crippen LogP contribution in [0.4, 0.5) is 0 Å². The fraction of sp³-hybridized carbons (Fsp3) is 0.333. The topological polar surface area (TPSA) is 72.9 Å². The highest BCUT2D eigenvalue weighted by molar-refractivity contribution is 7.89. The standard InChI is InChI=1S/C27H33N3O3S/c31-23-22-30-20-18-29(19-21-30)17-16-27(24-10-4-1-5-11-24,25-12-6-2-7-13-25)28-34(32,33)26-14-8-3-9-15-26/h1-15,28,31H,16-23H2. The maximum atomic E-state index is 13.6. The van der Waals surface area contributed by atoms with Crippen LogP contribution in [0, 0.1) is 0 Å². The first-order valence-electron chi connectivity index (χ1n) is 11.8. The van der Waals surface area contributed by atoms with E-state index in [1.807, 2.05) is 66.7 Å². The number of hydrogen-bond acceptors (Lipinski definition) is 5. The van der Waals surface area contributed by atoms with Gasteiger partial charge in [-0.1, -0.05) is 78.9 Å². The number of sulfonamides is 1. The van der Waals surface area contributed by atoms with Gasteiger partial charge in [-0.05, 0) is 29.7 Å². The van der Waals surface area contributed by atoms with Crippen molar-refractivity contribution in [2.75, 3.05) is 45.9 Å². The molecule has 1 fully saturated rings. The fourth-order valence-corrected chi connectivity index (χ4v) is 6.09. The first-order chi connectivity index (χ1) is 16.5. The summed E-state index contributed by atoms with van der Waals surface area (Å²) in [6.45, 7) is 5.21. The van der Waals surface area contributed by atoms with Gasteiger partial charge in [0.25, 0.3) is 0 Å². The van der Waals surface area contributed by atoms with Gasteiger partial charge in [0.15, 0.2) is 0 Å². The van der Waals surface area contributed by atoms with Crippen LogP contribution in [0.5, 0.6) is 0 Å². The maximum Gasteiger partial charge on any atom is 0.241 e. The van der Waals surface area contributed by atoms with E-state index in [4.69, 9.17) is 0 Å². The molecule has 0 radical (unpaired) electrons. The SMILES string of the molecule is O=S(=O)(NC(CCN1CCN(CCO)CC1)(c1ccccc1)c1ccccc1)c1ccccc1. The number of hydrogen-bond donors (Lipinski definition) is 2. The quantitative estimate of drug-likeness (QED) is 0.468. The van der Waals surface area contributed by atoms with Crippen molar-refractivity contribution < 1.29 is 13.5 Å². The summed E-state index contributed by atoms with van der Waals surface area (Å²) in [6, 6.07) is 28.3. The molecule has 1 aliphatic heterocycles. The first-order valence-corrected chi connectivity index (χ1v) is 13.3. The molecule has 0 aliphatic carbocycles. The van der Waals surface area contributed by atoms with Crippen molar-refractivity contribution in [2.24, 2.45) is 0 Å². The van der Waals surface area contributed by atoms with Crippen molar-refractivity contribution in [3.8, 4) is 0 Å². The van der Waals surface area contributed by atoms with Crippen molar-refractivity contribution in [3.05, 3.63) is 102 Å². The Bertz CT molecular complexity index is 1080. The first kappa shape index (κ1) is 24.6. The minimum absolute atomic E-state index is 0.173. The second-order valence-electron chi connectivity index (χ2n) is 8.71. The molecule has 2 N–H and O–H groups in total.